The van der Waals surface area contributed by atoms with Crippen LogP contribution in [0.1, 0.15) is 5.56 Å². The molecule has 6 heteroatoms. The maximum atomic E-state index is 12.8. The summed E-state index contributed by atoms with van der Waals surface area (Å²) < 4.78 is 67.0. The first kappa shape index (κ1) is 10.9. The van der Waals surface area contributed by atoms with Crippen molar-refractivity contribution in [2.24, 2.45) is 0 Å². The lowest BCUT2D eigenvalue weighted by Crippen LogP contribution is -2.07. The monoisotopic (exact) mass is 211 g/mol. The molecule has 0 aliphatic carbocycles. The summed E-state index contributed by atoms with van der Waals surface area (Å²) in [6.07, 6.45) is 0. The van der Waals surface area contributed by atoms with Gasteiger partial charge in [-0.05, 0) is 0 Å². The lowest BCUT2D eigenvalue weighted by Gasteiger charge is -2.06. The Hall–Kier alpha value is -1.17. The maximum absolute atomic E-state index is 12.8. The zero-order valence-corrected chi connectivity index (χ0v) is 6.71. The van der Waals surface area contributed by atoms with Crippen molar-refractivity contribution >= 4 is 0 Å². The molecule has 0 N–H and O–H groups in total. The molecule has 0 saturated heterocycles. The van der Waals surface area contributed by atoms with E-state index in [1.165, 1.54) is 0 Å². The molecular formula is C8H4F5O. The highest BCUT2D eigenvalue weighted by Gasteiger charge is 2.25. The molecule has 0 bridgehead atoms. The molecule has 1 aromatic rings. The smallest absolute Gasteiger partial charge is 0.200 e. The summed E-state index contributed by atoms with van der Waals surface area (Å²) in [6.45, 7) is -0.786. The number of hydrogen-bond donors (Lipinski definition) is 0. The van der Waals surface area contributed by atoms with Gasteiger partial charge in [0.2, 0.25) is 5.82 Å². The highest BCUT2D eigenvalue weighted by Crippen LogP contribution is 2.23. The van der Waals surface area contributed by atoms with Gasteiger partial charge < -0.3 is 4.74 Å². The van der Waals surface area contributed by atoms with E-state index in [1.54, 1.807) is 0 Å². The van der Waals surface area contributed by atoms with Crippen LogP contribution in [0.5, 0.6) is 0 Å². The molecule has 14 heavy (non-hydrogen) atoms. The third-order valence-electron chi connectivity index (χ3n) is 1.55. The van der Waals surface area contributed by atoms with Crippen LogP contribution in [0.25, 0.3) is 0 Å². The molecule has 0 fully saturated rings. The third kappa shape index (κ3) is 1.57. The van der Waals surface area contributed by atoms with Crippen molar-refractivity contribution in [3.63, 3.8) is 0 Å². The molecule has 0 unspecified atom stereocenters. The van der Waals surface area contributed by atoms with Crippen LogP contribution in [0, 0.1) is 36.2 Å². The Morgan fingerprint density at radius 1 is 0.786 bits per heavy atom. The zero-order valence-electron chi connectivity index (χ0n) is 6.71. The Morgan fingerprint density at radius 3 is 1.50 bits per heavy atom. The van der Waals surface area contributed by atoms with Crippen molar-refractivity contribution in [3.8, 4) is 0 Å². The Labute approximate surface area is 76.1 Å². The minimum atomic E-state index is -2.19. The number of benzene rings is 1. The van der Waals surface area contributed by atoms with Gasteiger partial charge in [-0.3, -0.25) is 0 Å². The lowest BCUT2D eigenvalue weighted by atomic mass is 10.2. The van der Waals surface area contributed by atoms with Gasteiger partial charge >= 0.3 is 0 Å². The normalized spacial score (nSPS) is 10.7. The second-order valence-corrected chi connectivity index (χ2v) is 2.40. The van der Waals surface area contributed by atoms with E-state index < -0.39 is 41.3 Å². The van der Waals surface area contributed by atoms with E-state index in [2.05, 4.69) is 11.8 Å². The van der Waals surface area contributed by atoms with Gasteiger partial charge in [-0.1, -0.05) is 0 Å². The van der Waals surface area contributed by atoms with Gasteiger partial charge in [0, 0.05) is 0 Å². The summed E-state index contributed by atoms with van der Waals surface area (Å²) in [5, 5.41) is 0. The van der Waals surface area contributed by atoms with E-state index in [0.717, 1.165) is 0 Å². The van der Waals surface area contributed by atoms with E-state index in [4.69, 9.17) is 0 Å². The number of rotatable bonds is 2. The topological polar surface area (TPSA) is 9.23 Å². The van der Waals surface area contributed by atoms with Crippen LogP contribution in [0.4, 0.5) is 22.0 Å². The molecule has 77 valence electrons. The van der Waals surface area contributed by atoms with Gasteiger partial charge in [0.15, 0.2) is 23.3 Å². The first-order chi connectivity index (χ1) is 6.50. The molecule has 1 nitrogen and oxygen atoms in total. The summed E-state index contributed by atoms with van der Waals surface area (Å²) in [4.78, 5) is 0. The van der Waals surface area contributed by atoms with Crippen LogP contribution >= 0.6 is 0 Å². The van der Waals surface area contributed by atoms with E-state index in [1.807, 2.05) is 0 Å². The predicted octanol–water partition coefficient (Wildman–Crippen LogP) is 2.69. The number of hydrogen-bond acceptors (Lipinski definition) is 1. The van der Waals surface area contributed by atoms with Gasteiger partial charge in [0.05, 0.1) is 19.3 Å². The third-order valence-corrected chi connectivity index (χ3v) is 1.55. The highest BCUT2D eigenvalue weighted by atomic mass is 19.2. The molecule has 1 aromatic carbocycles. The van der Waals surface area contributed by atoms with Gasteiger partial charge in [-0.2, -0.15) is 0 Å². The summed E-state index contributed by atoms with van der Waals surface area (Å²) in [7, 11) is 2.77. The molecule has 0 aliphatic heterocycles. The van der Waals surface area contributed by atoms with E-state index in [0.29, 0.717) is 0 Å². The van der Waals surface area contributed by atoms with Crippen LogP contribution < -0.4 is 0 Å². The molecule has 0 aliphatic rings. The number of halogens is 5. The fourth-order valence-electron chi connectivity index (χ4n) is 0.879. The van der Waals surface area contributed by atoms with Crippen molar-refractivity contribution in [1.29, 1.82) is 0 Å². The van der Waals surface area contributed by atoms with Gasteiger partial charge in [0.25, 0.3) is 0 Å². The van der Waals surface area contributed by atoms with Gasteiger partial charge in [0.1, 0.15) is 0 Å². The second kappa shape index (κ2) is 3.91. The molecule has 1 radical (unpaired) electrons. The molecule has 0 amide bonds. The average molecular weight is 211 g/mol. The largest absolute Gasteiger partial charge is 0.374 e. The molecule has 0 spiro atoms. The maximum Gasteiger partial charge on any atom is 0.200 e. The molecule has 0 saturated carbocycles. The Bertz CT molecular complexity index is 334. The van der Waals surface area contributed by atoms with E-state index >= 15 is 0 Å². The molecular weight excluding hydrogens is 207 g/mol. The molecule has 0 atom stereocenters. The highest BCUT2D eigenvalue weighted by molar-refractivity contribution is 5.23. The van der Waals surface area contributed by atoms with Crippen LogP contribution in [-0.4, -0.2) is 0 Å². The summed E-state index contributed by atoms with van der Waals surface area (Å²) in [5.74, 6) is -9.96. The molecule has 1 rings (SSSR count). The first-order valence-electron chi connectivity index (χ1n) is 3.38. The standard InChI is InChI=1S/C8H4F5O/c1-14-2-3-4(9)6(11)8(13)7(12)5(3)10/h1-2H2. The van der Waals surface area contributed by atoms with Gasteiger partial charge in [-0.25, -0.2) is 22.0 Å². The van der Waals surface area contributed by atoms with Crippen molar-refractivity contribution in [2.45, 2.75) is 6.61 Å². The quantitative estimate of drug-likeness (QED) is 0.415. The fourth-order valence-corrected chi connectivity index (χ4v) is 0.879. The molecule has 0 aromatic heterocycles. The van der Waals surface area contributed by atoms with E-state index in [9.17, 15) is 22.0 Å². The van der Waals surface area contributed by atoms with Crippen molar-refractivity contribution in [1.82, 2.24) is 0 Å². The predicted molar refractivity (Wildman–Crippen MR) is 36.4 cm³/mol. The van der Waals surface area contributed by atoms with Crippen molar-refractivity contribution in [2.75, 3.05) is 0 Å². The number of ether oxygens (including phenoxy) is 1. The SMILES string of the molecule is [CH2]OCc1c(F)c(F)c(F)c(F)c1F. The van der Waals surface area contributed by atoms with Crippen LogP contribution in [0.2, 0.25) is 0 Å². The average Bonchev–Trinajstić information content (AvgIpc) is 2.19. The minimum Gasteiger partial charge on any atom is -0.374 e. The van der Waals surface area contributed by atoms with Crippen LogP contribution in [0.3, 0.4) is 0 Å². The summed E-state index contributed by atoms with van der Waals surface area (Å²) in [6, 6.07) is 0. The molecule has 0 heterocycles. The first-order valence-corrected chi connectivity index (χ1v) is 3.38. The fraction of sp³-hybridized carbons (Fsp3) is 0.125. The van der Waals surface area contributed by atoms with Crippen molar-refractivity contribution in [3.05, 3.63) is 41.8 Å². The lowest BCUT2D eigenvalue weighted by molar-refractivity contribution is 0.214. The summed E-state index contributed by atoms with van der Waals surface area (Å²) in [5.41, 5.74) is -1.03. The summed E-state index contributed by atoms with van der Waals surface area (Å²) >= 11 is 0. The Balaban J connectivity index is 3.43. The second-order valence-electron chi connectivity index (χ2n) is 2.40. The van der Waals surface area contributed by atoms with Crippen LogP contribution in [-0.2, 0) is 11.3 Å². The van der Waals surface area contributed by atoms with Crippen LogP contribution in [0.15, 0.2) is 0 Å². The zero-order chi connectivity index (χ0) is 10.9. The van der Waals surface area contributed by atoms with Crippen molar-refractivity contribution < 1.29 is 26.7 Å². The Morgan fingerprint density at radius 2 is 1.14 bits per heavy atom. The Kier molecular flexibility index (Phi) is 3.05. The van der Waals surface area contributed by atoms with E-state index in [-0.39, 0.29) is 0 Å². The minimum absolute atomic E-state index is 0.786. The van der Waals surface area contributed by atoms with Gasteiger partial charge in [-0.15, -0.1) is 0 Å².